The van der Waals surface area contributed by atoms with Crippen molar-refractivity contribution in [2.24, 2.45) is 0 Å². The molecule has 1 saturated heterocycles. The van der Waals surface area contributed by atoms with E-state index in [9.17, 15) is 0 Å². The molecular formula is C13H16N2. The van der Waals surface area contributed by atoms with Crippen LogP contribution in [0, 0.1) is 12.3 Å². The van der Waals surface area contributed by atoms with E-state index in [1.165, 1.54) is 32.4 Å². The van der Waals surface area contributed by atoms with Crippen LogP contribution in [0.2, 0.25) is 0 Å². The molecule has 1 fully saturated rings. The summed E-state index contributed by atoms with van der Waals surface area (Å²) in [7, 11) is 0. The molecule has 1 aliphatic heterocycles. The van der Waals surface area contributed by atoms with Gasteiger partial charge in [-0.05, 0) is 38.1 Å². The van der Waals surface area contributed by atoms with Crippen LogP contribution in [0.4, 0.5) is 0 Å². The molecule has 0 unspecified atom stereocenters. The number of likely N-dealkylation sites (tertiary alicyclic amines) is 1. The Bertz CT molecular complexity index is 342. The summed E-state index contributed by atoms with van der Waals surface area (Å²) < 4.78 is 0. The molecule has 0 radical (unpaired) electrons. The maximum atomic E-state index is 5.28. The molecule has 2 nitrogen and oxygen atoms in total. The highest BCUT2D eigenvalue weighted by atomic mass is 15.1. The average molecular weight is 200 g/mol. The fourth-order valence-electron chi connectivity index (χ4n) is 1.95. The van der Waals surface area contributed by atoms with E-state index >= 15 is 0 Å². The largest absolute Gasteiger partial charge is 0.298 e. The molecule has 1 aromatic rings. The summed E-state index contributed by atoms with van der Waals surface area (Å²) in [6.07, 6.45) is 11.1. The maximum Gasteiger partial charge on any atom is 0.0544 e. The maximum absolute atomic E-state index is 5.28. The molecule has 0 aromatic carbocycles. The Labute approximate surface area is 91.3 Å². The standard InChI is InChI=1S/C13H16N2/c1-2-12-6-7-13(14-10-12)11-15-8-4-3-5-9-15/h1,6-7,10H,3-5,8-9,11H2. The number of pyridine rings is 1. The Hall–Kier alpha value is -1.33. The van der Waals surface area contributed by atoms with Gasteiger partial charge < -0.3 is 0 Å². The van der Waals surface area contributed by atoms with E-state index in [2.05, 4.69) is 15.8 Å². The Kier molecular flexibility index (Phi) is 3.37. The number of hydrogen-bond donors (Lipinski definition) is 0. The monoisotopic (exact) mass is 200 g/mol. The highest BCUT2D eigenvalue weighted by molar-refractivity contribution is 5.29. The van der Waals surface area contributed by atoms with E-state index < -0.39 is 0 Å². The molecule has 0 atom stereocenters. The van der Waals surface area contributed by atoms with Crippen molar-refractivity contribution in [2.45, 2.75) is 25.8 Å². The minimum Gasteiger partial charge on any atom is -0.298 e. The van der Waals surface area contributed by atoms with Gasteiger partial charge in [-0.3, -0.25) is 9.88 Å². The second-order valence-electron chi connectivity index (χ2n) is 4.02. The summed E-state index contributed by atoms with van der Waals surface area (Å²) in [5, 5.41) is 0. The molecule has 0 aliphatic carbocycles. The van der Waals surface area contributed by atoms with Gasteiger partial charge in [-0.1, -0.05) is 12.3 Å². The lowest BCUT2D eigenvalue weighted by Crippen LogP contribution is -2.29. The molecule has 0 N–H and O–H groups in total. The lowest BCUT2D eigenvalue weighted by atomic mass is 10.1. The minimum absolute atomic E-state index is 0.859. The van der Waals surface area contributed by atoms with Gasteiger partial charge in [0.2, 0.25) is 0 Å². The third kappa shape index (κ3) is 2.81. The van der Waals surface area contributed by atoms with E-state index in [0.717, 1.165) is 17.8 Å². The number of hydrogen-bond acceptors (Lipinski definition) is 2. The number of nitrogens with zero attached hydrogens (tertiary/aromatic N) is 2. The summed E-state index contributed by atoms with van der Waals surface area (Å²) in [5.74, 6) is 2.58. The van der Waals surface area contributed by atoms with Crippen LogP contribution < -0.4 is 0 Å². The van der Waals surface area contributed by atoms with Gasteiger partial charge in [0, 0.05) is 18.3 Å². The van der Waals surface area contributed by atoms with Crippen LogP contribution in [0.1, 0.15) is 30.5 Å². The Morgan fingerprint density at radius 3 is 2.67 bits per heavy atom. The van der Waals surface area contributed by atoms with Crippen molar-refractivity contribution in [3.8, 4) is 12.3 Å². The normalized spacial score (nSPS) is 17.3. The van der Waals surface area contributed by atoms with Crippen LogP contribution in [0.15, 0.2) is 18.3 Å². The second kappa shape index (κ2) is 4.95. The van der Waals surface area contributed by atoms with Crippen molar-refractivity contribution < 1.29 is 0 Å². The van der Waals surface area contributed by atoms with Crippen molar-refractivity contribution in [3.63, 3.8) is 0 Å². The summed E-state index contributed by atoms with van der Waals surface area (Å²) in [5.41, 5.74) is 1.98. The molecule has 2 heterocycles. The van der Waals surface area contributed by atoms with Crippen molar-refractivity contribution in [1.29, 1.82) is 0 Å². The Morgan fingerprint density at radius 2 is 2.07 bits per heavy atom. The highest BCUT2D eigenvalue weighted by Gasteiger charge is 2.10. The van der Waals surface area contributed by atoms with E-state index in [1.54, 1.807) is 6.20 Å². The van der Waals surface area contributed by atoms with Crippen molar-refractivity contribution >= 4 is 0 Å². The smallest absolute Gasteiger partial charge is 0.0544 e. The first-order valence-corrected chi connectivity index (χ1v) is 5.52. The molecule has 0 amide bonds. The third-order valence-corrected chi connectivity index (χ3v) is 2.83. The summed E-state index contributed by atoms with van der Waals surface area (Å²) in [4.78, 5) is 6.82. The quantitative estimate of drug-likeness (QED) is 0.679. The van der Waals surface area contributed by atoms with Crippen molar-refractivity contribution in [2.75, 3.05) is 13.1 Å². The molecule has 0 saturated carbocycles. The van der Waals surface area contributed by atoms with Gasteiger partial charge in [-0.15, -0.1) is 6.42 Å². The first-order chi connectivity index (χ1) is 7.38. The Morgan fingerprint density at radius 1 is 1.27 bits per heavy atom. The minimum atomic E-state index is 0.859. The van der Waals surface area contributed by atoms with Gasteiger partial charge in [0.15, 0.2) is 0 Å². The zero-order valence-corrected chi connectivity index (χ0v) is 8.95. The molecule has 15 heavy (non-hydrogen) atoms. The van der Waals surface area contributed by atoms with E-state index in [0.29, 0.717) is 0 Å². The summed E-state index contributed by atoms with van der Waals surface area (Å²) in [6.45, 7) is 3.38. The molecule has 1 aliphatic rings. The average Bonchev–Trinajstić information content (AvgIpc) is 2.31. The predicted molar refractivity (Wildman–Crippen MR) is 61.3 cm³/mol. The highest BCUT2D eigenvalue weighted by Crippen LogP contribution is 2.11. The van der Waals surface area contributed by atoms with Crippen molar-refractivity contribution in [3.05, 3.63) is 29.6 Å². The number of rotatable bonds is 2. The SMILES string of the molecule is C#Cc1ccc(CN2CCCCC2)nc1. The topological polar surface area (TPSA) is 16.1 Å². The lowest BCUT2D eigenvalue weighted by Gasteiger charge is -2.25. The molecule has 1 aromatic heterocycles. The number of aromatic nitrogens is 1. The van der Waals surface area contributed by atoms with E-state index in [-0.39, 0.29) is 0 Å². The molecule has 2 heteroatoms. The fourth-order valence-corrected chi connectivity index (χ4v) is 1.95. The number of piperidine rings is 1. The predicted octanol–water partition coefficient (Wildman–Crippen LogP) is 2.05. The van der Waals surface area contributed by atoms with Crippen LogP contribution in [0.25, 0.3) is 0 Å². The molecule has 0 bridgehead atoms. The fraction of sp³-hybridized carbons (Fsp3) is 0.462. The molecular weight excluding hydrogens is 184 g/mol. The van der Waals surface area contributed by atoms with Gasteiger partial charge in [0.1, 0.15) is 0 Å². The van der Waals surface area contributed by atoms with Gasteiger partial charge >= 0.3 is 0 Å². The molecule has 2 rings (SSSR count). The van der Waals surface area contributed by atoms with Gasteiger partial charge in [0.25, 0.3) is 0 Å². The summed E-state index contributed by atoms with van der Waals surface area (Å²) in [6, 6.07) is 4.00. The van der Waals surface area contributed by atoms with Crippen LogP contribution in [-0.4, -0.2) is 23.0 Å². The number of terminal acetylenes is 1. The third-order valence-electron chi connectivity index (χ3n) is 2.83. The Balaban J connectivity index is 1.95. The first-order valence-electron chi connectivity index (χ1n) is 5.52. The molecule has 78 valence electrons. The van der Waals surface area contributed by atoms with Crippen molar-refractivity contribution in [1.82, 2.24) is 9.88 Å². The lowest BCUT2D eigenvalue weighted by molar-refractivity contribution is 0.218. The summed E-state index contributed by atoms with van der Waals surface area (Å²) >= 11 is 0. The first kappa shape index (κ1) is 10.2. The zero-order chi connectivity index (χ0) is 10.5. The van der Waals surface area contributed by atoms with Crippen LogP contribution in [-0.2, 0) is 6.54 Å². The zero-order valence-electron chi connectivity index (χ0n) is 8.95. The van der Waals surface area contributed by atoms with Crippen LogP contribution in [0.5, 0.6) is 0 Å². The van der Waals surface area contributed by atoms with Gasteiger partial charge in [0.05, 0.1) is 5.69 Å². The van der Waals surface area contributed by atoms with E-state index in [1.807, 2.05) is 12.1 Å². The van der Waals surface area contributed by atoms with Crippen LogP contribution in [0.3, 0.4) is 0 Å². The van der Waals surface area contributed by atoms with Crippen LogP contribution >= 0.6 is 0 Å². The van der Waals surface area contributed by atoms with E-state index in [4.69, 9.17) is 6.42 Å². The molecule has 0 spiro atoms. The van der Waals surface area contributed by atoms with Gasteiger partial charge in [-0.2, -0.15) is 0 Å². The second-order valence-corrected chi connectivity index (χ2v) is 4.02. The van der Waals surface area contributed by atoms with Gasteiger partial charge in [-0.25, -0.2) is 0 Å².